The van der Waals surface area contributed by atoms with Crippen LogP contribution in [0.2, 0.25) is 0 Å². The van der Waals surface area contributed by atoms with Crippen molar-refractivity contribution in [3.63, 3.8) is 0 Å². The van der Waals surface area contributed by atoms with Crippen LogP contribution in [-0.2, 0) is 0 Å². The Morgan fingerprint density at radius 2 is 2.05 bits per heavy atom. The van der Waals surface area contributed by atoms with Crippen LogP contribution in [0.1, 0.15) is 5.56 Å². The van der Waals surface area contributed by atoms with E-state index in [4.69, 9.17) is 9.78 Å². The number of rotatable bonds is 2. The standard InChI is InChI=1S/C14H7FN4O/c15-12-5-4-11(8-17-12)14-18-13(19-20-14)10-3-1-2-9(6-10)7-16/h1-6,8H. The molecule has 0 unspecified atom stereocenters. The molecule has 0 aliphatic carbocycles. The van der Waals surface area contributed by atoms with Crippen molar-refractivity contribution in [3.8, 4) is 28.9 Å². The van der Waals surface area contributed by atoms with E-state index in [1.807, 2.05) is 6.07 Å². The molecule has 0 fully saturated rings. The predicted octanol–water partition coefficient (Wildman–Crippen LogP) is 2.81. The topological polar surface area (TPSA) is 75.6 Å². The van der Waals surface area contributed by atoms with Gasteiger partial charge in [0.25, 0.3) is 5.89 Å². The number of pyridine rings is 1. The van der Waals surface area contributed by atoms with Gasteiger partial charge in [-0.15, -0.1) is 0 Å². The van der Waals surface area contributed by atoms with Gasteiger partial charge in [-0.05, 0) is 24.3 Å². The lowest BCUT2D eigenvalue weighted by Crippen LogP contribution is -1.85. The Kier molecular flexibility index (Phi) is 2.94. The molecule has 0 saturated heterocycles. The summed E-state index contributed by atoms with van der Waals surface area (Å²) < 4.78 is 17.9. The van der Waals surface area contributed by atoms with Gasteiger partial charge in [0.05, 0.1) is 17.2 Å². The summed E-state index contributed by atoms with van der Waals surface area (Å²) in [5, 5.41) is 12.7. The summed E-state index contributed by atoms with van der Waals surface area (Å²) in [6.07, 6.45) is 1.32. The number of nitrogens with zero attached hydrogens (tertiary/aromatic N) is 4. The van der Waals surface area contributed by atoms with Gasteiger partial charge in [-0.25, -0.2) is 4.98 Å². The van der Waals surface area contributed by atoms with Gasteiger partial charge in [0, 0.05) is 11.8 Å². The molecule has 0 radical (unpaired) electrons. The highest BCUT2D eigenvalue weighted by Crippen LogP contribution is 2.22. The highest BCUT2D eigenvalue weighted by atomic mass is 19.1. The van der Waals surface area contributed by atoms with Gasteiger partial charge in [-0.3, -0.25) is 0 Å². The van der Waals surface area contributed by atoms with Gasteiger partial charge < -0.3 is 4.52 Å². The number of halogens is 1. The predicted molar refractivity (Wildman–Crippen MR) is 67.6 cm³/mol. The molecule has 0 N–H and O–H groups in total. The van der Waals surface area contributed by atoms with Crippen molar-refractivity contribution in [2.24, 2.45) is 0 Å². The zero-order chi connectivity index (χ0) is 13.9. The maximum absolute atomic E-state index is 12.7. The average molecular weight is 266 g/mol. The minimum Gasteiger partial charge on any atom is -0.334 e. The molecule has 1 aromatic carbocycles. The summed E-state index contributed by atoms with van der Waals surface area (Å²) in [5.41, 5.74) is 1.72. The molecule has 0 atom stereocenters. The minimum absolute atomic E-state index is 0.245. The van der Waals surface area contributed by atoms with Crippen molar-refractivity contribution in [1.82, 2.24) is 15.1 Å². The quantitative estimate of drug-likeness (QED) is 0.666. The van der Waals surface area contributed by atoms with Crippen LogP contribution in [0.15, 0.2) is 47.1 Å². The molecule has 2 aromatic heterocycles. The maximum Gasteiger partial charge on any atom is 0.259 e. The summed E-state index contributed by atoms with van der Waals surface area (Å²) in [6, 6.07) is 11.6. The normalized spacial score (nSPS) is 10.2. The van der Waals surface area contributed by atoms with E-state index in [1.54, 1.807) is 24.3 Å². The molecule has 0 bridgehead atoms. The smallest absolute Gasteiger partial charge is 0.259 e. The lowest BCUT2D eigenvalue weighted by molar-refractivity contribution is 0.432. The molecule has 6 heteroatoms. The largest absolute Gasteiger partial charge is 0.334 e. The molecular formula is C14H7FN4O. The molecule has 96 valence electrons. The maximum atomic E-state index is 12.7. The minimum atomic E-state index is -0.574. The fourth-order valence-corrected chi connectivity index (χ4v) is 1.69. The highest BCUT2D eigenvalue weighted by Gasteiger charge is 2.11. The summed E-state index contributed by atoms with van der Waals surface area (Å²) in [7, 11) is 0. The first-order valence-corrected chi connectivity index (χ1v) is 5.72. The monoisotopic (exact) mass is 266 g/mol. The van der Waals surface area contributed by atoms with Crippen LogP contribution in [0.25, 0.3) is 22.8 Å². The molecule has 3 rings (SSSR count). The van der Waals surface area contributed by atoms with E-state index in [1.165, 1.54) is 18.3 Å². The Morgan fingerprint density at radius 1 is 1.15 bits per heavy atom. The van der Waals surface area contributed by atoms with Gasteiger partial charge in [-0.1, -0.05) is 17.3 Å². The molecule has 0 spiro atoms. The van der Waals surface area contributed by atoms with Crippen LogP contribution in [0.5, 0.6) is 0 Å². The number of benzene rings is 1. The van der Waals surface area contributed by atoms with Gasteiger partial charge in [0.2, 0.25) is 11.8 Å². The second-order valence-electron chi connectivity index (χ2n) is 3.99. The van der Waals surface area contributed by atoms with E-state index < -0.39 is 5.95 Å². The SMILES string of the molecule is N#Cc1cccc(-c2noc(-c3ccc(F)nc3)n2)c1. The van der Waals surface area contributed by atoms with Crippen LogP contribution in [0.3, 0.4) is 0 Å². The molecule has 3 aromatic rings. The van der Waals surface area contributed by atoms with Crippen molar-refractivity contribution >= 4 is 0 Å². The Bertz CT molecular complexity index is 789. The van der Waals surface area contributed by atoms with Crippen molar-refractivity contribution in [2.75, 3.05) is 0 Å². The fourth-order valence-electron chi connectivity index (χ4n) is 1.69. The van der Waals surface area contributed by atoms with Crippen molar-refractivity contribution < 1.29 is 8.91 Å². The Labute approximate surface area is 113 Å². The van der Waals surface area contributed by atoms with Crippen molar-refractivity contribution in [2.45, 2.75) is 0 Å². The van der Waals surface area contributed by atoms with Crippen LogP contribution < -0.4 is 0 Å². The molecule has 0 amide bonds. The zero-order valence-corrected chi connectivity index (χ0v) is 10.1. The number of aromatic nitrogens is 3. The third kappa shape index (κ3) is 2.24. The first kappa shape index (κ1) is 12.0. The van der Waals surface area contributed by atoms with Gasteiger partial charge in [-0.2, -0.15) is 14.6 Å². The highest BCUT2D eigenvalue weighted by molar-refractivity contribution is 5.60. The van der Waals surface area contributed by atoms with Gasteiger partial charge in [0.15, 0.2) is 0 Å². The third-order valence-corrected chi connectivity index (χ3v) is 2.65. The second-order valence-corrected chi connectivity index (χ2v) is 3.99. The Balaban J connectivity index is 1.97. The second kappa shape index (κ2) is 4.90. The van der Waals surface area contributed by atoms with E-state index in [0.717, 1.165) is 0 Å². The third-order valence-electron chi connectivity index (χ3n) is 2.65. The van der Waals surface area contributed by atoms with Gasteiger partial charge >= 0.3 is 0 Å². The number of nitriles is 1. The molecule has 0 aliphatic rings. The lowest BCUT2D eigenvalue weighted by Gasteiger charge is -1.94. The zero-order valence-electron chi connectivity index (χ0n) is 10.1. The van der Waals surface area contributed by atoms with E-state index in [0.29, 0.717) is 22.5 Å². The molecule has 0 aliphatic heterocycles. The molecule has 5 nitrogen and oxygen atoms in total. The Hall–Kier alpha value is -3.07. The fraction of sp³-hybridized carbons (Fsp3) is 0. The summed E-state index contributed by atoms with van der Waals surface area (Å²) in [6.45, 7) is 0. The van der Waals surface area contributed by atoms with Crippen LogP contribution in [0.4, 0.5) is 4.39 Å². The van der Waals surface area contributed by atoms with Crippen LogP contribution >= 0.6 is 0 Å². The van der Waals surface area contributed by atoms with Gasteiger partial charge in [0.1, 0.15) is 0 Å². The summed E-state index contributed by atoms with van der Waals surface area (Å²) in [5.74, 6) is 0.0338. The molecule has 2 heterocycles. The number of hydrogen-bond donors (Lipinski definition) is 0. The summed E-state index contributed by atoms with van der Waals surface area (Å²) >= 11 is 0. The first-order chi connectivity index (χ1) is 9.76. The lowest BCUT2D eigenvalue weighted by atomic mass is 10.1. The summed E-state index contributed by atoms with van der Waals surface area (Å²) in [4.78, 5) is 7.73. The van der Waals surface area contributed by atoms with Crippen molar-refractivity contribution in [1.29, 1.82) is 5.26 Å². The first-order valence-electron chi connectivity index (χ1n) is 5.72. The van der Waals surface area contributed by atoms with E-state index in [9.17, 15) is 4.39 Å². The molecule has 20 heavy (non-hydrogen) atoms. The van der Waals surface area contributed by atoms with Crippen LogP contribution in [-0.4, -0.2) is 15.1 Å². The van der Waals surface area contributed by atoms with Crippen molar-refractivity contribution in [3.05, 3.63) is 54.1 Å². The number of hydrogen-bond acceptors (Lipinski definition) is 5. The molecule has 0 saturated carbocycles. The van der Waals surface area contributed by atoms with E-state index in [2.05, 4.69) is 15.1 Å². The van der Waals surface area contributed by atoms with Crippen LogP contribution in [0, 0.1) is 17.3 Å². The molecular weight excluding hydrogens is 259 g/mol. The van der Waals surface area contributed by atoms with E-state index in [-0.39, 0.29) is 5.89 Å². The van der Waals surface area contributed by atoms with E-state index >= 15 is 0 Å². The Morgan fingerprint density at radius 3 is 2.80 bits per heavy atom. The average Bonchev–Trinajstić information content (AvgIpc) is 2.98.